The molecule has 9 heteroatoms. The first-order chi connectivity index (χ1) is 21.9. The molecule has 2 fully saturated rings. The van der Waals surface area contributed by atoms with Crippen molar-refractivity contribution in [3.8, 4) is 5.75 Å². The largest absolute Gasteiger partial charge is 0.493 e. The number of ether oxygens (including phenoxy) is 1. The molecule has 0 bridgehead atoms. The van der Waals surface area contributed by atoms with Crippen LogP contribution in [0.5, 0.6) is 5.75 Å². The fourth-order valence-corrected chi connectivity index (χ4v) is 7.40. The number of carbonyl (C=O) groups is 1. The molecule has 2 saturated heterocycles. The maximum absolute atomic E-state index is 14.6. The quantitative estimate of drug-likeness (QED) is 0.183. The van der Waals surface area contributed by atoms with E-state index in [1.54, 1.807) is 6.07 Å². The summed E-state index contributed by atoms with van der Waals surface area (Å²) in [5, 5.41) is 3.99. The lowest BCUT2D eigenvalue weighted by atomic mass is 9.74. The number of piperazine rings is 1. The molecule has 0 spiro atoms. The number of rotatable bonds is 15. The van der Waals surface area contributed by atoms with E-state index in [9.17, 15) is 9.18 Å². The molecule has 0 aromatic heterocycles. The molecule has 2 aliphatic rings. The van der Waals surface area contributed by atoms with Crippen LogP contribution >= 0.6 is 0 Å². The van der Waals surface area contributed by atoms with Gasteiger partial charge in [0, 0.05) is 58.0 Å². The van der Waals surface area contributed by atoms with Gasteiger partial charge in [-0.3, -0.25) is 14.6 Å². The monoisotopic (exact) mass is 654 g/mol. The lowest BCUT2D eigenvalue weighted by molar-refractivity contribution is -0.134. The zero-order valence-corrected chi connectivity index (χ0v) is 30.4. The molecule has 0 unspecified atom stereocenters. The van der Waals surface area contributed by atoms with Crippen LogP contribution in [0.1, 0.15) is 58.1 Å². The van der Waals surface area contributed by atoms with E-state index in [0.29, 0.717) is 44.1 Å². The smallest absolute Gasteiger partial charge is 0.236 e. The van der Waals surface area contributed by atoms with Gasteiger partial charge in [0.15, 0.2) is 8.32 Å². The number of likely N-dealkylation sites (tertiary alicyclic amines) is 1. The summed E-state index contributed by atoms with van der Waals surface area (Å²) in [4.78, 5) is 19.9. The van der Waals surface area contributed by atoms with Crippen molar-refractivity contribution >= 4 is 14.2 Å². The highest BCUT2D eigenvalue weighted by atomic mass is 28.4. The van der Waals surface area contributed by atoms with Gasteiger partial charge in [0.2, 0.25) is 5.91 Å². The molecule has 2 aliphatic heterocycles. The van der Waals surface area contributed by atoms with Crippen molar-refractivity contribution < 1.29 is 18.3 Å². The second-order valence-electron chi connectivity index (χ2n) is 14.9. The third-order valence-electron chi connectivity index (χ3n) is 10.6. The predicted octanol–water partition coefficient (Wildman–Crippen LogP) is 6.20. The lowest BCUT2D eigenvalue weighted by Gasteiger charge is -2.43. The summed E-state index contributed by atoms with van der Waals surface area (Å²) in [7, 11) is -1.75. The van der Waals surface area contributed by atoms with E-state index in [1.807, 2.05) is 17.9 Å². The lowest BCUT2D eigenvalue weighted by Crippen LogP contribution is -2.53. The topological polar surface area (TPSA) is 57.3 Å². The SMILES string of the molecule is CCOc1cccc(F)c1CN1CCN(C(=O)CN2CCC(CCc3ccccc3)(CNCCO[Si](C)(C)C(C)(C)C)CC2)CC1. The van der Waals surface area contributed by atoms with Crippen LogP contribution in [0.3, 0.4) is 0 Å². The van der Waals surface area contributed by atoms with Crippen molar-refractivity contribution in [2.45, 2.75) is 78.1 Å². The summed E-state index contributed by atoms with van der Waals surface area (Å²) < 4.78 is 26.7. The Kier molecular flexibility index (Phi) is 13.3. The van der Waals surface area contributed by atoms with E-state index in [1.165, 1.54) is 11.6 Å². The molecule has 0 atom stereocenters. The van der Waals surface area contributed by atoms with Gasteiger partial charge < -0.3 is 19.4 Å². The Morgan fingerprint density at radius 3 is 2.30 bits per heavy atom. The van der Waals surface area contributed by atoms with Gasteiger partial charge in [-0.05, 0) is 86.9 Å². The zero-order chi connectivity index (χ0) is 33.2. The molecule has 1 N–H and O–H groups in total. The molecule has 2 aromatic carbocycles. The summed E-state index contributed by atoms with van der Waals surface area (Å²) in [5.41, 5.74) is 2.21. The highest BCUT2D eigenvalue weighted by Gasteiger charge is 2.38. The standard InChI is InChI=1S/C37H59FN4O3Si/c1-7-44-34-15-11-14-33(38)32(34)28-41-23-25-42(26-24-41)35(43)29-40-21-18-37(19-22-40,17-16-31-12-9-8-10-13-31)30-39-20-27-45-46(5,6)36(2,3)4/h8-15,39H,7,16-30H2,1-6H3. The second-order valence-corrected chi connectivity index (χ2v) is 19.7. The number of nitrogens with zero attached hydrogens (tertiary/aromatic N) is 3. The highest BCUT2D eigenvalue weighted by molar-refractivity contribution is 6.74. The minimum Gasteiger partial charge on any atom is -0.493 e. The first-order valence-electron chi connectivity index (χ1n) is 17.4. The van der Waals surface area contributed by atoms with Crippen LogP contribution in [0.25, 0.3) is 0 Å². The fourth-order valence-electron chi connectivity index (χ4n) is 6.36. The van der Waals surface area contributed by atoms with Gasteiger partial charge in [-0.15, -0.1) is 0 Å². The van der Waals surface area contributed by atoms with Crippen LogP contribution in [0.4, 0.5) is 4.39 Å². The molecule has 7 nitrogen and oxygen atoms in total. The maximum Gasteiger partial charge on any atom is 0.236 e. The van der Waals surface area contributed by atoms with E-state index in [-0.39, 0.29) is 22.2 Å². The van der Waals surface area contributed by atoms with Gasteiger partial charge in [0.05, 0.1) is 13.2 Å². The number of benzene rings is 2. The van der Waals surface area contributed by atoms with Gasteiger partial charge in [0.25, 0.3) is 0 Å². The van der Waals surface area contributed by atoms with E-state index < -0.39 is 8.32 Å². The average molecular weight is 655 g/mol. The Bertz CT molecular complexity index is 1220. The van der Waals surface area contributed by atoms with Crippen molar-refractivity contribution in [1.82, 2.24) is 20.0 Å². The van der Waals surface area contributed by atoms with Gasteiger partial charge in [-0.2, -0.15) is 0 Å². The van der Waals surface area contributed by atoms with Gasteiger partial charge in [-0.25, -0.2) is 4.39 Å². The van der Waals surface area contributed by atoms with Gasteiger partial charge in [-0.1, -0.05) is 57.2 Å². The first-order valence-corrected chi connectivity index (χ1v) is 20.3. The molecule has 2 heterocycles. The Balaban J connectivity index is 1.25. The fraction of sp³-hybridized carbons (Fsp3) is 0.649. The van der Waals surface area contributed by atoms with Crippen LogP contribution in [-0.2, 0) is 22.2 Å². The third kappa shape index (κ3) is 10.3. The third-order valence-corrected chi connectivity index (χ3v) is 15.1. The number of amides is 1. The highest BCUT2D eigenvalue weighted by Crippen LogP contribution is 2.37. The molecule has 256 valence electrons. The van der Waals surface area contributed by atoms with Crippen LogP contribution in [-0.4, -0.2) is 101 Å². The molecule has 0 radical (unpaired) electrons. The van der Waals surface area contributed by atoms with E-state index in [2.05, 4.69) is 79.3 Å². The number of hydrogen-bond donors (Lipinski definition) is 1. The number of nitrogens with one attached hydrogen (secondary N) is 1. The Morgan fingerprint density at radius 2 is 1.65 bits per heavy atom. The summed E-state index contributed by atoms with van der Waals surface area (Å²) in [6, 6.07) is 15.8. The van der Waals surface area contributed by atoms with Crippen molar-refractivity contribution in [2.24, 2.45) is 5.41 Å². The first kappa shape index (κ1) is 36.5. The number of carbonyl (C=O) groups excluding carboxylic acids is 1. The van der Waals surface area contributed by atoms with Crippen molar-refractivity contribution in [1.29, 1.82) is 0 Å². The van der Waals surface area contributed by atoms with Crippen molar-refractivity contribution in [3.63, 3.8) is 0 Å². The number of aryl methyl sites for hydroxylation is 1. The summed E-state index contributed by atoms with van der Waals surface area (Å²) in [5.74, 6) is 0.586. The molecule has 1 amide bonds. The van der Waals surface area contributed by atoms with Crippen LogP contribution in [0.2, 0.25) is 18.1 Å². The van der Waals surface area contributed by atoms with E-state index >= 15 is 0 Å². The summed E-state index contributed by atoms with van der Waals surface area (Å²) >= 11 is 0. The van der Waals surface area contributed by atoms with Crippen LogP contribution in [0, 0.1) is 11.2 Å². The van der Waals surface area contributed by atoms with Gasteiger partial charge in [0.1, 0.15) is 11.6 Å². The molecule has 46 heavy (non-hydrogen) atoms. The summed E-state index contributed by atoms with van der Waals surface area (Å²) in [6.07, 6.45) is 4.39. The number of piperidine rings is 1. The summed E-state index contributed by atoms with van der Waals surface area (Å²) in [6.45, 7) is 22.2. The zero-order valence-electron chi connectivity index (χ0n) is 29.4. The van der Waals surface area contributed by atoms with Crippen LogP contribution < -0.4 is 10.1 Å². The molecular formula is C37H59FN4O3Si. The van der Waals surface area contributed by atoms with Gasteiger partial charge >= 0.3 is 0 Å². The van der Waals surface area contributed by atoms with E-state index in [4.69, 9.17) is 9.16 Å². The number of halogens is 1. The molecule has 0 aliphatic carbocycles. The maximum atomic E-state index is 14.6. The van der Waals surface area contributed by atoms with Crippen molar-refractivity contribution in [3.05, 3.63) is 65.5 Å². The van der Waals surface area contributed by atoms with E-state index in [0.717, 1.165) is 71.6 Å². The Morgan fingerprint density at radius 1 is 0.957 bits per heavy atom. The average Bonchev–Trinajstić information content (AvgIpc) is 3.03. The molecule has 4 rings (SSSR count). The minimum atomic E-state index is -1.75. The molecule has 2 aromatic rings. The van der Waals surface area contributed by atoms with Crippen molar-refractivity contribution in [2.75, 3.05) is 72.1 Å². The minimum absolute atomic E-state index is 0.207. The molecule has 0 saturated carbocycles. The normalized spacial score (nSPS) is 18.1. The van der Waals surface area contributed by atoms with Crippen LogP contribution in [0.15, 0.2) is 48.5 Å². The number of hydrogen-bond acceptors (Lipinski definition) is 6. The Labute approximate surface area is 278 Å². The predicted molar refractivity (Wildman–Crippen MR) is 188 cm³/mol. The Hall–Kier alpha value is -2.30. The molecular weight excluding hydrogens is 596 g/mol. The second kappa shape index (κ2) is 16.7.